The van der Waals surface area contributed by atoms with Gasteiger partial charge in [-0.25, -0.2) is 8.42 Å². The molecule has 2 aromatic rings. The van der Waals surface area contributed by atoms with Crippen molar-refractivity contribution < 1.29 is 8.42 Å². The minimum Gasteiger partial charge on any atom is -0.326 e. The summed E-state index contributed by atoms with van der Waals surface area (Å²) >= 11 is 6.11. The van der Waals surface area contributed by atoms with Crippen molar-refractivity contribution in [2.75, 3.05) is 10.8 Å². The monoisotopic (exact) mass is 325 g/mol. The Balaban J connectivity index is 2.50. The zero-order valence-corrected chi connectivity index (χ0v) is 13.1. The lowest BCUT2D eigenvalue weighted by Crippen LogP contribution is -2.31. The molecule has 0 unspecified atom stereocenters. The van der Waals surface area contributed by atoms with Gasteiger partial charge in [-0.05, 0) is 36.8 Å². The number of halogens is 1. The Kier molecular flexibility index (Phi) is 4.82. The average molecular weight is 326 g/mol. The van der Waals surface area contributed by atoms with E-state index in [2.05, 4.69) is 4.98 Å². The third-order valence-corrected chi connectivity index (χ3v) is 5.42. The van der Waals surface area contributed by atoms with E-state index in [4.69, 9.17) is 17.3 Å². The van der Waals surface area contributed by atoms with Gasteiger partial charge >= 0.3 is 0 Å². The van der Waals surface area contributed by atoms with Crippen LogP contribution in [0.2, 0.25) is 5.02 Å². The maximum absolute atomic E-state index is 12.8. The number of pyridine rings is 1. The van der Waals surface area contributed by atoms with Gasteiger partial charge in [0.25, 0.3) is 10.0 Å². The Hall–Kier alpha value is -1.63. The van der Waals surface area contributed by atoms with Crippen LogP contribution in [0, 0.1) is 0 Å². The van der Waals surface area contributed by atoms with E-state index < -0.39 is 10.0 Å². The second kappa shape index (κ2) is 6.43. The number of anilines is 1. The van der Waals surface area contributed by atoms with Crippen molar-refractivity contribution in [1.29, 1.82) is 0 Å². The van der Waals surface area contributed by atoms with Crippen LogP contribution in [0.5, 0.6) is 0 Å². The van der Waals surface area contributed by atoms with Gasteiger partial charge in [0.05, 0.1) is 10.7 Å². The summed E-state index contributed by atoms with van der Waals surface area (Å²) in [6.45, 7) is 2.36. The van der Waals surface area contributed by atoms with Crippen LogP contribution in [0.4, 0.5) is 5.69 Å². The van der Waals surface area contributed by atoms with Crippen molar-refractivity contribution in [2.45, 2.75) is 18.4 Å². The third-order valence-electron chi connectivity index (χ3n) is 3.04. The second-order valence-corrected chi connectivity index (χ2v) is 6.58. The first-order valence-corrected chi connectivity index (χ1v) is 8.23. The molecule has 0 aliphatic carbocycles. The molecule has 0 atom stereocenters. The van der Waals surface area contributed by atoms with Crippen LogP contribution >= 0.6 is 11.6 Å². The summed E-state index contributed by atoms with van der Waals surface area (Å²) in [4.78, 5) is 3.97. The van der Waals surface area contributed by atoms with E-state index in [1.54, 1.807) is 43.6 Å². The standard InChI is InChI=1S/C14H16ClN3O2S/c1-2-18(12-5-7-17-8-6-12)21(19,20)14-4-3-11(10-16)9-13(14)15/h3-9H,2,10,16H2,1H3. The normalized spacial score (nSPS) is 11.4. The van der Waals surface area contributed by atoms with Gasteiger partial charge in [0.15, 0.2) is 0 Å². The zero-order chi connectivity index (χ0) is 15.5. The van der Waals surface area contributed by atoms with Gasteiger partial charge in [0.2, 0.25) is 0 Å². The first-order chi connectivity index (χ1) is 10.0. The van der Waals surface area contributed by atoms with Crippen LogP contribution in [-0.4, -0.2) is 19.9 Å². The van der Waals surface area contributed by atoms with Crippen molar-refractivity contribution in [2.24, 2.45) is 5.73 Å². The summed E-state index contributed by atoms with van der Waals surface area (Å²) < 4.78 is 26.8. The maximum atomic E-state index is 12.8. The molecule has 2 rings (SSSR count). The Morgan fingerprint density at radius 1 is 1.24 bits per heavy atom. The van der Waals surface area contributed by atoms with Crippen molar-refractivity contribution in [3.8, 4) is 0 Å². The Morgan fingerprint density at radius 3 is 2.43 bits per heavy atom. The van der Waals surface area contributed by atoms with Gasteiger partial charge in [-0.15, -0.1) is 0 Å². The summed E-state index contributed by atoms with van der Waals surface area (Å²) in [6.07, 6.45) is 3.10. The molecule has 2 N–H and O–H groups in total. The van der Waals surface area contributed by atoms with E-state index in [-0.39, 0.29) is 9.92 Å². The molecule has 1 aromatic carbocycles. The highest BCUT2D eigenvalue weighted by Crippen LogP contribution is 2.28. The van der Waals surface area contributed by atoms with Gasteiger partial charge in [-0.1, -0.05) is 17.7 Å². The van der Waals surface area contributed by atoms with E-state index in [1.807, 2.05) is 0 Å². The molecule has 5 nitrogen and oxygen atoms in total. The Bertz CT molecular complexity index is 720. The number of nitrogens with two attached hydrogens (primary N) is 1. The summed E-state index contributed by atoms with van der Waals surface area (Å²) in [6, 6.07) is 8.02. The molecule has 0 aliphatic heterocycles. The van der Waals surface area contributed by atoms with Crippen molar-refractivity contribution >= 4 is 27.3 Å². The number of aromatic nitrogens is 1. The number of benzene rings is 1. The predicted octanol–water partition coefficient (Wildman–Crippen LogP) is 2.41. The molecule has 0 saturated heterocycles. The largest absolute Gasteiger partial charge is 0.326 e. The second-order valence-electron chi connectivity index (χ2n) is 4.34. The molecule has 0 radical (unpaired) electrons. The smallest absolute Gasteiger partial charge is 0.265 e. The van der Waals surface area contributed by atoms with E-state index in [1.165, 1.54) is 10.4 Å². The number of hydrogen-bond donors (Lipinski definition) is 1. The van der Waals surface area contributed by atoms with Gasteiger partial charge in [0.1, 0.15) is 4.90 Å². The highest BCUT2D eigenvalue weighted by Gasteiger charge is 2.26. The molecule has 0 saturated carbocycles. The molecule has 112 valence electrons. The number of rotatable bonds is 5. The van der Waals surface area contributed by atoms with Crippen LogP contribution in [0.25, 0.3) is 0 Å². The van der Waals surface area contributed by atoms with Crippen LogP contribution in [0.1, 0.15) is 12.5 Å². The molecular weight excluding hydrogens is 310 g/mol. The minimum absolute atomic E-state index is 0.0695. The van der Waals surface area contributed by atoms with Gasteiger partial charge in [-0.3, -0.25) is 9.29 Å². The van der Waals surface area contributed by atoms with Crippen molar-refractivity contribution in [3.05, 3.63) is 53.3 Å². The Morgan fingerprint density at radius 2 is 1.90 bits per heavy atom. The van der Waals surface area contributed by atoms with Crippen molar-refractivity contribution in [3.63, 3.8) is 0 Å². The molecule has 0 amide bonds. The fraction of sp³-hybridized carbons (Fsp3) is 0.214. The summed E-state index contributed by atoms with van der Waals surface area (Å²) in [5.41, 5.74) is 6.86. The summed E-state index contributed by atoms with van der Waals surface area (Å²) in [7, 11) is -3.73. The molecule has 0 aliphatic rings. The third kappa shape index (κ3) is 3.18. The lowest BCUT2D eigenvalue weighted by Gasteiger charge is -2.23. The lowest BCUT2D eigenvalue weighted by atomic mass is 10.2. The van der Waals surface area contributed by atoms with E-state index in [0.717, 1.165) is 5.56 Å². The highest BCUT2D eigenvalue weighted by molar-refractivity contribution is 7.93. The fourth-order valence-corrected chi connectivity index (χ4v) is 4.02. The Labute approximate surface area is 129 Å². The van der Waals surface area contributed by atoms with Crippen LogP contribution in [0.3, 0.4) is 0 Å². The van der Waals surface area contributed by atoms with E-state index in [0.29, 0.717) is 18.8 Å². The molecule has 1 heterocycles. The molecule has 1 aromatic heterocycles. The van der Waals surface area contributed by atoms with Crippen molar-refractivity contribution in [1.82, 2.24) is 4.98 Å². The number of nitrogens with zero attached hydrogens (tertiary/aromatic N) is 2. The first kappa shape index (κ1) is 15.8. The van der Waals surface area contributed by atoms with E-state index in [9.17, 15) is 8.42 Å². The highest BCUT2D eigenvalue weighted by atomic mass is 35.5. The first-order valence-electron chi connectivity index (χ1n) is 6.42. The van der Waals surface area contributed by atoms with Crippen LogP contribution in [-0.2, 0) is 16.6 Å². The molecule has 21 heavy (non-hydrogen) atoms. The maximum Gasteiger partial charge on any atom is 0.265 e. The van der Waals surface area contributed by atoms with Gasteiger partial charge < -0.3 is 5.73 Å². The number of sulfonamides is 1. The quantitative estimate of drug-likeness (QED) is 0.915. The fourth-order valence-electron chi connectivity index (χ4n) is 2.00. The van der Waals surface area contributed by atoms with E-state index >= 15 is 0 Å². The molecule has 0 spiro atoms. The van der Waals surface area contributed by atoms with Crippen LogP contribution < -0.4 is 10.0 Å². The lowest BCUT2D eigenvalue weighted by molar-refractivity contribution is 0.592. The summed E-state index contributed by atoms with van der Waals surface area (Å²) in [5.74, 6) is 0. The predicted molar refractivity (Wildman–Crippen MR) is 83.8 cm³/mol. The SMILES string of the molecule is CCN(c1ccncc1)S(=O)(=O)c1ccc(CN)cc1Cl. The van der Waals surface area contributed by atoms with Gasteiger partial charge in [-0.2, -0.15) is 0 Å². The average Bonchev–Trinajstić information content (AvgIpc) is 2.48. The summed E-state index contributed by atoms with van der Waals surface area (Å²) in [5, 5.41) is 0.172. The minimum atomic E-state index is -3.73. The van der Waals surface area contributed by atoms with Crippen LogP contribution in [0.15, 0.2) is 47.6 Å². The molecule has 0 fully saturated rings. The number of hydrogen-bond acceptors (Lipinski definition) is 4. The van der Waals surface area contributed by atoms with Gasteiger partial charge in [0, 0.05) is 25.5 Å². The molecule has 0 bridgehead atoms. The molecule has 7 heteroatoms. The molecular formula is C14H16ClN3O2S. The topological polar surface area (TPSA) is 76.3 Å². The zero-order valence-electron chi connectivity index (χ0n) is 11.5.